The molecule has 0 spiro atoms. The van der Waals surface area contributed by atoms with Gasteiger partial charge in [0.1, 0.15) is 11.5 Å². The number of amides is 1. The van der Waals surface area contributed by atoms with Crippen molar-refractivity contribution in [3.63, 3.8) is 0 Å². The molecule has 1 aliphatic heterocycles. The van der Waals surface area contributed by atoms with Crippen LogP contribution in [-0.4, -0.2) is 24.3 Å². The van der Waals surface area contributed by atoms with Crippen molar-refractivity contribution in [1.82, 2.24) is 0 Å². The van der Waals surface area contributed by atoms with Crippen molar-refractivity contribution >= 4 is 17.4 Å². The largest absolute Gasteiger partial charge is 0.478 e. The van der Waals surface area contributed by atoms with Gasteiger partial charge in [0.25, 0.3) is 5.91 Å². The van der Waals surface area contributed by atoms with Crippen molar-refractivity contribution in [1.29, 1.82) is 0 Å². The second kappa shape index (κ2) is 6.07. The molecule has 0 saturated carbocycles. The third kappa shape index (κ3) is 2.84. The number of anilines is 1. The van der Waals surface area contributed by atoms with Crippen molar-refractivity contribution in [2.45, 2.75) is 46.1 Å². The first-order valence-corrected chi connectivity index (χ1v) is 7.17. The summed E-state index contributed by atoms with van der Waals surface area (Å²) in [5.74, 6) is 0.659. The Morgan fingerprint density at radius 3 is 2.75 bits per heavy atom. The van der Waals surface area contributed by atoms with Gasteiger partial charge in [-0.25, -0.2) is 0 Å². The summed E-state index contributed by atoms with van der Waals surface area (Å²) in [5, 5.41) is 0. The molecule has 20 heavy (non-hydrogen) atoms. The Morgan fingerprint density at radius 2 is 2.10 bits per heavy atom. The van der Waals surface area contributed by atoms with Crippen molar-refractivity contribution in [3.05, 3.63) is 23.8 Å². The molecule has 1 heterocycles. The lowest BCUT2D eigenvalue weighted by Crippen LogP contribution is -2.46. The van der Waals surface area contributed by atoms with Crippen LogP contribution in [0.25, 0.3) is 0 Å². The normalized spacial score (nSPS) is 17.6. The lowest BCUT2D eigenvalue weighted by molar-refractivity contribution is -0.131. The number of carbonyl (C=O) groups is 2. The number of likely N-dealkylation sites (N-methyl/N-ethyl adjacent to an activating group) is 1. The number of aryl methyl sites for hydroxylation is 1. The van der Waals surface area contributed by atoms with Gasteiger partial charge in [-0.05, 0) is 38.0 Å². The molecule has 1 aromatic carbocycles. The van der Waals surface area contributed by atoms with Crippen molar-refractivity contribution < 1.29 is 14.3 Å². The summed E-state index contributed by atoms with van der Waals surface area (Å²) in [6.45, 7) is 6.44. The first-order chi connectivity index (χ1) is 9.56. The number of rotatable bonds is 5. The van der Waals surface area contributed by atoms with E-state index in [-0.39, 0.29) is 18.1 Å². The highest BCUT2D eigenvalue weighted by atomic mass is 16.5. The second-order valence-electron chi connectivity index (χ2n) is 5.15. The number of ketones is 1. The van der Waals surface area contributed by atoms with Crippen LogP contribution in [0.4, 0.5) is 5.69 Å². The Morgan fingerprint density at radius 1 is 1.35 bits per heavy atom. The average molecular weight is 275 g/mol. The van der Waals surface area contributed by atoms with Crippen LogP contribution in [0.5, 0.6) is 5.75 Å². The van der Waals surface area contributed by atoms with Crippen LogP contribution in [0, 0.1) is 6.92 Å². The molecule has 0 aliphatic carbocycles. The summed E-state index contributed by atoms with van der Waals surface area (Å²) in [7, 11) is 0. The molecule has 0 radical (unpaired) electrons. The van der Waals surface area contributed by atoms with E-state index in [0.29, 0.717) is 18.7 Å². The number of hydrogen-bond donors (Lipinski definition) is 0. The molecule has 1 atom stereocenters. The molecule has 2 rings (SSSR count). The van der Waals surface area contributed by atoms with Gasteiger partial charge in [-0.15, -0.1) is 0 Å². The third-order valence-corrected chi connectivity index (χ3v) is 3.47. The monoisotopic (exact) mass is 275 g/mol. The zero-order chi connectivity index (χ0) is 14.7. The van der Waals surface area contributed by atoms with E-state index in [9.17, 15) is 9.59 Å². The van der Waals surface area contributed by atoms with Crippen LogP contribution in [0.3, 0.4) is 0 Å². The fraction of sp³-hybridized carbons (Fsp3) is 0.500. The zero-order valence-electron chi connectivity index (χ0n) is 12.3. The predicted octanol–water partition coefficient (Wildman–Crippen LogP) is 2.87. The number of ether oxygens (including phenoxy) is 1. The molecule has 0 N–H and O–H groups in total. The Labute approximate surface area is 119 Å². The van der Waals surface area contributed by atoms with Gasteiger partial charge < -0.3 is 9.64 Å². The van der Waals surface area contributed by atoms with E-state index in [2.05, 4.69) is 0 Å². The van der Waals surface area contributed by atoms with Gasteiger partial charge in [-0.1, -0.05) is 13.0 Å². The minimum absolute atomic E-state index is 0.0815. The molecule has 1 aliphatic rings. The van der Waals surface area contributed by atoms with E-state index in [0.717, 1.165) is 17.7 Å². The highest BCUT2D eigenvalue weighted by Crippen LogP contribution is 2.35. The topological polar surface area (TPSA) is 46.6 Å². The molecular formula is C16H21NO3. The van der Waals surface area contributed by atoms with Crippen molar-refractivity contribution in [2.75, 3.05) is 11.4 Å². The van der Waals surface area contributed by atoms with E-state index in [1.165, 1.54) is 0 Å². The second-order valence-corrected chi connectivity index (χ2v) is 5.15. The molecule has 1 unspecified atom stereocenters. The van der Waals surface area contributed by atoms with E-state index >= 15 is 0 Å². The fourth-order valence-electron chi connectivity index (χ4n) is 2.48. The Balaban J connectivity index is 2.26. The van der Waals surface area contributed by atoms with Crippen molar-refractivity contribution in [3.8, 4) is 5.75 Å². The maximum Gasteiger partial charge on any atom is 0.268 e. The molecule has 0 bridgehead atoms. The maximum atomic E-state index is 12.4. The molecular weight excluding hydrogens is 254 g/mol. The molecule has 1 amide bonds. The summed E-state index contributed by atoms with van der Waals surface area (Å²) in [4.78, 5) is 25.9. The van der Waals surface area contributed by atoms with Crippen LogP contribution in [0.1, 0.15) is 38.7 Å². The first-order valence-electron chi connectivity index (χ1n) is 7.17. The van der Waals surface area contributed by atoms with Crippen LogP contribution < -0.4 is 9.64 Å². The molecule has 1 aromatic rings. The Kier molecular flexibility index (Phi) is 4.42. The Hall–Kier alpha value is -1.84. The Bertz CT molecular complexity index is 524. The summed E-state index contributed by atoms with van der Waals surface area (Å²) in [6, 6.07) is 5.78. The summed E-state index contributed by atoms with van der Waals surface area (Å²) < 4.78 is 5.76. The van der Waals surface area contributed by atoms with Gasteiger partial charge in [-0.3, -0.25) is 9.59 Å². The van der Waals surface area contributed by atoms with E-state index in [1.807, 2.05) is 39.0 Å². The smallest absolute Gasteiger partial charge is 0.268 e. The van der Waals surface area contributed by atoms with Crippen LogP contribution in [0.15, 0.2) is 18.2 Å². The maximum absolute atomic E-state index is 12.4. The van der Waals surface area contributed by atoms with E-state index < -0.39 is 6.10 Å². The molecule has 108 valence electrons. The van der Waals surface area contributed by atoms with Crippen LogP contribution >= 0.6 is 0 Å². The van der Waals surface area contributed by atoms with Gasteiger partial charge in [0.15, 0.2) is 6.10 Å². The lowest BCUT2D eigenvalue weighted by Gasteiger charge is -2.33. The van der Waals surface area contributed by atoms with E-state index in [1.54, 1.807) is 4.90 Å². The quantitative estimate of drug-likeness (QED) is 0.830. The molecule has 0 fully saturated rings. The van der Waals surface area contributed by atoms with E-state index in [4.69, 9.17) is 4.74 Å². The van der Waals surface area contributed by atoms with Crippen molar-refractivity contribution in [2.24, 2.45) is 0 Å². The average Bonchev–Trinajstić information content (AvgIpc) is 2.40. The molecule has 0 aromatic heterocycles. The highest BCUT2D eigenvalue weighted by molar-refractivity contribution is 6.02. The lowest BCUT2D eigenvalue weighted by atomic mass is 10.0. The number of carbonyl (C=O) groups excluding carboxylic acids is 2. The number of hydrogen-bond acceptors (Lipinski definition) is 3. The van der Waals surface area contributed by atoms with Gasteiger partial charge in [-0.2, -0.15) is 0 Å². The van der Waals surface area contributed by atoms with Gasteiger partial charge in [0.2, 0.25) is 0 Å². The number of Topliss-reactive ketones (excluding diaryl/α,β-unsaturated/α-hetero) is 1. The van der Waals surface area contributed by atoms with Gasteiger partial charge in [0.05, 0.1) is 12.1 Å². The fourth-order valence-corrected chi connectivity index (χ4v) is 2.48. The van der Waals surface area contributed by atoms with Crippen LogP contribution in [-0.2, 0) is 9.59 Å². The molecule has 4 nitrogen and oxygen atoms in total. The number of nitrogens with zero attached hydrogens (tertiary/aromatic N) is 1. The standard InChI is InChI=1S/C16H21NO3/c1-4-6-12(18)10-15-16(19)17(5-2)13-8-7-11(3)9-14(13)20-15/h7-9,15H,4-6,10H2,1-3H3. The first kappa shape index (κ1) is 14.6. The zero-order valence-corrected chi connectivity index (χ0v) is 12.3. The predicted molar refractivity (Wildman–Crippen MR) is 78.2 cm³/mol. The molecule has 4 heteroatoms. The summed E-state index contributed by atoms with van der Waals surface area (Å²) in [5.41, 5.74) is 1.87. The molecule has 0 saturated heterocycles. The minimum atomic E-state index is -0.678. The highest BCUT2D eigenvalue weighted by Gasteiger charge is 2.34. The summed E-state index contributed by atoms with van der Waals surface area (Å²) in [6.07, 6.45) is 0.784. The van der Waals surface area contributed by atoms with Gasteiger partial charge >= 0.3 is 0 Å². The number of fused-ring (bicyclic) bond motifs is 1. The van der Waals surface area contributed by atoms with Crippen LogP contribution in [0.2, 0.25) is 0 Å². The minimum Gasteiger partial charge on any atom is -0.478 e. The number of benzene rings is 1. The van der Waals surface area contributed by atoms with Gasteiger partial charge in [0, 0.05) is 13.0 Å². The third-order valence-electron chi connectivity index (χ3n) is 3.47. The SMILES string of the molecule is CCCC(=O)CC1Oc2cc(C)ccc2N(CC)C1=O. The summed E-state index contributed by atoms with van der Waals surface area (Å²) >= 11 is 0.